The quantitative estimate of drug-likeness (QED) is 0.825. The molecule has 3 N–H and O–H groups in total. The molecular weight excluding hydrogens is 224 g/mol. The van der Waals surface area contributed by atoms with E-state index < -0.39 is 5.54 Å². The van der Waals surface area contributed by atoms with Crippen LogP contribution in [0, 0.1) is 0 Å². The van der Waals surface area contributed by atoms with Crippen LogP contribution in [-0.4, -0.2) is 16.1 Å². The Labute approximate surface area is 99.5 Å². The van der Waals surface area contributed by atoms with E-state index in [9.17, 15) is 4.79 Å². The SMILES string of the molecule is CCCCC(=O)Nc1nnc(C(C)(C)N)s1. The minimum absolute atomic E-state index is 0.0145. The summed E-state index contributed by atoms with van der Waals surface area (Å²) in [5, 5.41) is 11.8. The van der Waals surface area contributed by atoms with Crippen LogP contribution in [-0.2, 0) is 10.3 Å². The van der Waals surface area contributed by atoms with Gasteiger partial charge in [0.1, 0.15) is 5.01 Å². The molecule has 1 heterocycles. The lowest BCUT2D eigenvalue weighted by molar-refractivity contribution is -0.116. The average molecular weight is 242 g/mol. The van der Waals surface area contributed by atoms with E-state index in [2.05, 4.69) is 15.5 Å². The van der Waals surface area contributed by atoms with Crippen LogP contribution >= 0.6 is 11.3 Å². The van der Waals surface area contributed by atoms with Crippen LogP contribution in [0.15, 0.2) is 0 Å². The van der Waals surface area contributed by atoms with E-state index in [4.69, 9.17) is 5.73 Å². The second-order valence-electron chi connectivity index (χ2n) is 4.29. The zero-order valence-corrected chi connectivity index (χ0v) is 10.7. The second kappa shape index (κ2) is 5.36. The number of amides is 1. The number of hydrogen-bond donors (Lipinski definition) is 2. The third-order valence-corrected chi connectivity index (χ3v) is 3.16. The molecule has 90 valence electrons. The van der Waals surface area contributed by atoms with E-state index in [1.165, 1.54) is 11.3 Å². The number of anilines is 1. The van der Waals surface area contributed by atoms with Crippen molar-refractivity contribution in [1.82, 2.24) is 10.2 Å². The molecule has 0 aromatic carbocycles. The lowest BCUT2D eigenvalue weighted by Crippen LogP contribution is -2.28. The maximum Gasteiger partial charge on any atom is 0.226 e. The first-order chi connectivity index (χ1) is 7.43. The minimum Gasteiger partial charge on any atom is -0.320 e. The number of carbonyl (C=O) groups is 1. The van der Waals surface area contributed by atoms with Crippen LogP contribution in [0.1, 0.15) is 45.0 Å². The first-order valence-corrected chi connectivity index (χ1v) is 6.18. The predicted octanol–water partition coefficient (Wildman–Crippen LogP) is 1.86. The molecule has 16 heavy (non-hydrogen) atoms. The molecule has 1 aromatic rings. The van der Waals surface area contributed by atoms with Crippen molar-refractivity contribution in [2.45, 2.75) is 45.6 Å². The third kappa shape index (κ3) is 3.86. The van der Waals surface area contributed by atoms with Crippen molar-refractivity contribution in [3.63, 3.8) is 0 Å². The van der Waals surface area contributed by atoms with Crippen molar-refractivity contribution >= 4 is 22.4 Å². The normalized spacial score (nSPS) is 11.5. The van der Waals surface area contributed by atoms with Crippen LogP contribution in [0.25, 0.3) is 0 Å². The lowest BCUT2D eigenvalue weighted by atomic mass is 10.1. The van der Waals surface area contributed by atoms with Crippen LogP contribution in [0.5, 0.6) is 0 Å². The summed E-state index contributed by atoms with van der Waals surface area (Å²) in [5.41, 5.74) is 5.37. The summed E-state index contributed by atoms with van der Waals surface area (Å²) >= 11 is 1.32. The van der Waals surface area contributed by atoms with E-state index >= 15 is 0 Å². The molecule has 1 aromatic heterocycles. The lowest BCUT2D eigenvalue weighted by Gasteiger charge is -2.12. The molecule has 0 aliphatic carbocycles. The number of hydrogen-bond acceptors (Lipinski definition) is 5. The number of rotatable bonds is 5. The Bertz CT molecular complexity index is 356. The predicted molar refractivity (Wildman–Crippen MR) is 65.3 cm³/mol. The Morgan fingerprint density at radius 2 is 2.19 bits per heavy atom. The molecule has 1 rings (SSSR count). The van der Waals surface area contributed by atoms with Gasteiger partial charge in [0.15, 0.2) is 0 Å². The molecule has 0 spiro atoms. The summed E-state index contributed by atoms with van der Waals surface area (Å²) in [6.45, 7) is 5.76. The van der Waals surface area contributed by atoms with E-state index in [1.54, 1.807) is 0 Å². The molecule has 0 aliphatic rings. The van der Waals surface area contributed by atoms with Gasteiger partial charge >= 0.3 is 0 Å². The Kier molecular flexibility index (Phi) is 4.37. The Balaban J connectivity index is 2.56. The molecule has 0 saturated carbocycles. The fourth-order valence-electron chi connectivity index (χ4n) is 1.05. The standard InChI is InChI=1S/C10H18N4OS/c1-4-5-6-7(15)12-9-14-13-8(16-9)10(2,3)11/h4-6,11H2,1-3H3,(H,12,14,15). The highest BCUT2D eigenvalue weighted by Crippen LogP contribution is 2.24. The Morgan fingerprint density at radius 3 is 2.69 bits per heavy atom. The first kappa shape index (κ1) is 13.1. The van der Waals surface area contributed by atoms with E-state index in [0.717, 1.165) is 17.8 Å². The number of carbonyl (C=O) groups excluding carboxylic acids is 1. The number of nitrogens with zero attached hydrogens (tertiary/aromatic N) is 2. The molecule has 0 bridgehead atoms. The van der Waals surface area contributed by atoms with Gasteiger partial charge in [0.25, 0.3) is 0 Å². The van der Waals surface area contributed by atoms with Gasteiger partial charge in [-0.3, -0.25) is 4.79 Å². The second-order valence-corrected chi connectivity index (χ2v) is 5.26. The monoisotopic (exact) mass is 242 g/mol. The molecular formula is C10H18N4OS. The Hall–Kier alpha value is -1.01. The van der Waals surface area contributed by atoms with Crippen molar-refractivity contribution < 1.29 is 4.79 Å². The minimum atomic E-state index is -0.510. The van der Waals surface area contributed by atoms with E-state index in [1.807, 2.05) is 20.8 Å². The molecule has 0 aliphatic heterocycles. The highest BCUT2D eigenvalue weighted by atomic mass is 32.1. The van der Waals surface area contributed by atoms with Crippen molar-refractivity contribution in [3.8, 4) is 0 Å². The zero-order valence-electron chi connectivity index (χ0n) is 9.91. The summed E-state index contributed by atoms with van der Waals surface area (Å²) in [6.07, 6.45) is 2.42. The van der Waals surface area contributed by atoms with Crippen LogP contribution in [0.2, 0.25) is 0 Å². The maximum absolute atomic E-state index is 11.4. The number of nitrogens with one attached hydrogen (secondary N) is 1. The van der Waals surface area contributed by atoms with Crippen molar-refractivity contribution in [2.75, 3.05) is 5.32 Å². The van der Waals surface area contributed by atoms with Crippen LogP contribution < -0.4 is 11.1 Å². The topological polar surface area (TPSA) is 80.9 Å². The largest absolute Gasteiger partial charge is 0.320 e. The number of unbranched alkanes of at least 4 members (excludes halogenated alkanes) is 1. The van der Waals surface area contributed by atoms with Crippen LogP contribution in [0.4, 0.5) is 5.13 Å². The summed E-state index contributed by atoms with van der Waals surface area (Å²) in [4.78, 5) is 11.4. The van der Waals surface area contributed by atoms with Gasteiger partial charge in [-0.1, -0.05) is 24.7 Å². The first-order valence-electron chi connectivity index (χ1n) is 5.36. The fraction of sp³-hybridized carbons (Fsp3) is 0.700. The van der Waals surface area contributed by atoms with Gasteiger partial charge in [-0.25, -0.2) is 0 Å². The maximum atomic E-state index is 11.4. The van der Waals surface area contributed by atoms with Crippen molar-refractivity contribution in [3.05, 3.63) is 5.01 Å². The van der Waals surface area contributed by atoms with E-state index in [0.29, 0.717) is 11.6 Å². The average Bonchev–Trinajstić information content (AvgIpc) is 2.62. The summed E-state index contributed by atoms with van der Waals surface area (Å²) in [6, 6.07) is 0. The third-order valence-electron chi connectivity index (χ3n) is 1.98. The fourth-order valence-corrected chi connectivity index (χ4v) is 1.83. The van der Waals surface area contributed by atoms with Gasteiger partial charge in [0.05, 0.1) is 5.54 Å². The number of nitrogens with two attached hydrogens (primary N) is 1. The van der Waals surface area contributed by atoms with Crippen LogP contribution in [0.3, 0.4) is 0 Å². The van der Waals surface area contributed by atoms with Gasteiger partial charge in [0.2, 0.25) is 11.0 Å². The summed E-state index contributed by atoms with van der Waals surface area (Å²) in [5.74, 6) is -0.0145. The molecule has 0 saturated heterocycles. The Morgan fingerprint density at radius 1 is 1.50 bits per heavy atom. The van der Waals surface area contributed by atoms with Crippen molar-refractivity contribution in [1.29, 1.82) is 0 Å². The smallest absolute Gasteiger partial charge is 0.226 e. The molecule has 0 atom stereocenters. The number of aromatic nitrogens is 2. The molecule has 0 radical (unpaired) electrons. The molecule has 5 nitrogen and oxygen atoms in total. The van der Waals surface area contributed by atoms with Gasteiger partial charge in [-0.2, -0.15) is 0 Å². The molecule has 1 amide bonds. The van der Waals surface area contributed by atoms with Gasteiger partial charge < -0.3 is 11.1 Å². The highest BCUT2D eigenvalue weighted by Gasteiger charge is 2.20. The molecule has 0 fully saturated rings. The molecule has 6 heteroatoms. The van der Waals surface area contributed by atoms with Gasteiger partial charge in [-0.15, -0.1) is 10.2 Å². The van der Waals surface area contributed by atoms with Crippen molar-refractivity contribution in [2.24, 2.45) is 5.73 Å². The summed E-state index contributed by atoms with van der Waals surface area (Å²) < 4.78 is 0. The molecule has 0 unspecified atom stereocenters. The van der Waals surface area contributed by atoms with Gasteiger partial charge in [-0.05, 0) is 20.3 Å². The summed E-state index contributed by atoms with van der Waals surface area (Å²) in [7, 11) is 0. The van der Waals surface area contributed by atoms with Gasteiger partial charge in [0, 0.05) is 6.42 Å². The van der Waals surface area contributed by atoms with E-state index in [-0.39, 0.29) is 5.91 Å². The zero-order chi connectivity index (χ0) is 12.2. The highest BCUT2D eigenvalue weighted by molar-refractivity contribution is 7.15.